The molecule has 4 rings (SSSR count). The summed E-state index contributed by atoms with van der Waals surface area (Å²) in [5.41, 5.74) is 0. The van der Waals surface area contributed by atoms with Gasteiger partial charge in [0.1, 0.15) is 0 Å². The zero-order chi connectivity index (χ0) is 13.0. The summed E-state index contributed by atoms with van der Waals surface area (Å²) in [7, 11) is 0. The molecule has 1 aromatic rings. The van der Waals surface area contributed by atoms with Crippen LogP contribution in [0.25, 0.3) is 0 Å². The SMILES string of the molecule is CCNC(Cc1sccc1Br)C1C2C3CCC(C3)C21. The lowest BCUT2D eigenvalue weighted by molar-refractivity contribution is 0.366. The molecule has 0 aromatic carbocycles. The first-order chi connectivity index (χ1) is 9.29. The van der Waals surface area contributed by atoms with Crippen molar-refractivity contribution >= 4 is 27.3 Å². The van der Waals surface area contributed by atoms with Gasteiger partial charge in [-0.2, -0.15) is 0 Å². The summed E-state index contributed by atoms with van der Waals surface area (Å²) in [6.45, 7) is 3.36. The molecule has 2 bridgehead atoms. The van der Waals surface area contributed by atoms with Crippen molar-refractivity contribution in [3.05, 3.63) is 20.8 Å². The van der Waals surface area contributed by atoms with Crippen LogP contribution in [0.1, 0.15) is 31.1 Å². The average Bonchev–Trinajstić information content (AvgIpc) is 2.74. The number of nitrogens with one attached hydrogen (secondary N) is 1. The maximum atomic E-state index is 3.79. The molecule has 3 heteroatoms. The van der Waals surface area contributed by atoms with E-state index in [4.69, 9.17) is 0 Å². The highest BCUT2D eigenvalue weighted by molar-refractivity contribution is 9.10. The van der Waals surface area contributed by atoms with Crippen molar-refractivity contribution in [2.24, 2.45) is 29.6 Å². The Bertz CT molecular complexity index is 455. The summed E-state index contributed by atoms with van der Waals surface area (Å²) in [6.07, 6.45) is 5.85. The van der Waals surface area contributed by atoms with Crippen LogP contribution in [-0.2, 0) is 6.42 Å². The Balaban J connectivity index is 1.49. The van der Waals surface area contributed by atoms with Gasteiger partial charge >= 0.3 is 0 Å². The van der Waals surface area contributed by atoms with Crippen molar-refractivity contribution in [2.45, 2.75) is 38.6 Å². The highest BCUT2D eigenvalue weighted by Crippen LogP contribution is 2.70. The first kappa shape index (κ1) is 12.8. The molecule has 5 atom stereocenters. The van der Waals surface area contributed by atoms with Crippen LogP contribution in [0.4, 0.5) is 0 Å². The summed E-state index contributed by atoms with van der Waals surface area (Å²) >= 11 is 5.60. The normalized spacial score (nSPS) is 40.4. The first-order valence-electron chi connectivity index (χ1n) is 7.74. The highest BCUT2D eigenvalue weighted by atomic mass is 79.9. The lowest BCUT2D eigenvalue weighted by Gasteiger charge is -2.21. The van der Waals surface area contributed by atoms with E-state index < -0.39 is 0 Å². The van der Waals surface area contributed by atoms with E-state index in [2.05, 4.69) is 39.6 Å². The van der Waals surface area contributed by atoms with E-state index in [1.807, 2.05) is 11.3 Å². The van der Waals surface area contributed by atoms with Crippen LogP contribution < -0.4 is 5.32 Å². The summed E-state index contributed by atoms with van der Waals surface area (Å²) < 4.78 is 1.31. The molecular weight excluding hydrogens is 318 g/mol. The lowest BCUT2D eigenvalue weighted by atomic mass is 9.95. The molecule has 104 valence electrons. The number of hydrogen-bond acceptors (Lipinski definition) is 2. The van der Waals surface area contributed by atoms with E-state index in [9.17, 15) is 0 Å². The summed E-state index contributed by atoms with van der Waals surface area (Å²) in [4.78, 5) is 1.53. The van der Waals surface area contributed by atoms with Gasteiger partial charge in [0.25, 0.3) is 0 Å². The Kier molecular flexibility index (Phi) is 3.28. The van der Waals surface area contributed by atoms with E-state index in [-0.39, 0.29) is 0 Å². The third-order valence-corrected chi connectivity index (χ3v) is 7.77. The molecule has 19 heavy (non-hydrogen) atoms. The predicted octanol–water partition coefficient (Wildman–Crippen LogP) is 4.32. The Labute approximate surface area is 128 Å². The zero-order valence-corrected chi connectivity index (χ0v) is 13.8. The Morgan fingerprint density at radius 1 is 1.37 bits per heavy atom. The van der Waals surface area contributed by atoms with Crippen molar-refractivity contribution in [3.63, 3.8) is 0 Å². The number of halogens is 1. The van der Waals surface area contributed by atoms with Crippen LogP contribution in [0.2, 0.25) is 0 Å². The minimum Gasteiger partial charge on any atom is -0.314 e. The van der Waals surface area contributed by atoms with Crippen molar-refractivity contribution < 1.29 is 0 Å². The molecule has 3 aliphatic rings. The largest absolute Gasteiger partial charge is 0.314 e. The molecular formula is C16H22BrNS. The number of fused-ring (bicyclic) bond motifs is 5. The fraction of sp³-hybridized carbons (Fsp3) is 0.750. The Hall–Kier alpha value is 0.140. The second kappa shape index (κ2) is 4.85. The fourth-order valence-corrected chi connectivity index (χ4v) is 6.78. The van der Waals surface area contributed by atoms with Gasteiger partial charge < -0.3 is 5.32 Å². The number of rotatable bonds is 5. The monoisotopic (exact) mass is 339 g/mol. The van der Waals surface area contributed by atoms with E-state index in [0.717, 1.165) is 42.2 Å². The van der Waals surface area contributed by atoms with Gasteiger partial charge in [0.15, 0.2) is 0 Å². The molecule has 5 unspecified atom stereocenters. The van der Waals surface area contributed by atoms with Crippen LogP contribution >= 0.6 is 27.3 Å². The van der Waals surface area contributed by atoms with Gasteiger partial charge in [0.05, 0.1) is 0 Å². The summed E-state index contributed by atoms with van der Waals surface area (Å²) in [5, 5.41) is 6.00. The molecule has 0 saturated heterocycles. The molecule has 3 aliphatic carbocycles. The predicted molar refractivity (Wildman–Crippen MR) is 84.5 cm³/mol. The molecule has 1 heterocycles. The molecule has 0 amide bonds. The van der Waals surface area contributed by atoms with Crippen LogP contribution in [0.5, 0.6) is 0 Å². The van der Waals surface area contributed by atoms with Gasteiger partial charge in [0.2, 0.25) is 0 Å². The molecule has 0 radical (unpaired) electrons. The molecule has 1 aromatic heterocycles. The maximum absolute atomic E-state index is 3.79. The van der Waals surface area contributed by atoms with E-state index in [1.54, 1.807) is 6.42 Å². The molecule has 3 saturated carbocycles. The molecule has 3 fully saturated rings. The average molecular weight is 340 g/mol. The minimum atomic E-state index is 0.721. The van der Waals surface area contributed by atoms with Crippen LogP contribution in [-0.4, -0.2) is 12.6 Å². The topological polar surface area (TPSA) is 12.0 Å². The Morgan fingerprint density at radius 2 is 2.11 bits per heavy atom. The summed E-state index contributed by atoms with van der Waals surface area (Å²) in [6, 6.07) is 2.92. The quantitative estimate of drug-likeness (QED) is 0.842. The lowest BCUT2D eigenvalue weighted by Crippen LogP contribution is -2.35. The number of hydrogen-bond donors (Lipinski definition) is 1. The van der Waals surface area contributed by atoms with Crippen molar-refractivity contribution in [1.29, 1.82) is 0 Å². The second-order valence-corrected chi connectivity index (χ2v) is 8.48. The minimum absolute atomic E-state index is 0.721. The van der Waals surface area contributed by atoms with E-state index in [0.29, 0.717) is 0 Å². The van der Waals surface area contributed by atoms with Gasteiger partial charge in [-0.1, -0.05) is 6.92 Å². The van der Waals surface area contributed by atoms with E-state index >= 15 is 0 Å². The fourth-order valence-electron chi connectivity index (χ4n) is 5.21. The van der Waals surface area contributed by atoms with Crippen LogP contribution in [0.3, 0.4) is 0 Å². The third kappa shape index (κ3) is 2.04. The molecule has 0 spiro atoms. The zero-order valence-electron chi connectivity index (χ0n) is 11.4. The van der Waals surface area contributed by atoms with Crippen LogP contribution in [0, 0.1) is 29.6 Å². The highest BCUT2D eigenvalue weighted by Gasteiger charge is 2.66. The number of likely N-dealkylation sites (N-methyl/N-ethyl adjacent to an activating group) is 1. The second-order valence-electron chi connectivity index (χ2n) is 6.63. The first-order valence-corrected chi connectivity index (χ1v) is 9.42. The van der Waals surface area contributed by atoms with Crippen molar-refractivity contribution in [2.75, 3.05) is 6.54 Å². The van der Waals surface area contributed by atoms with Gasteiger partial charge in [-0.25, -0.2) is 0 Å². The molecule has 0 aliphatic heterocycles. The molecule has 1 nitrogen and oxygen atoms in total. The maximum Gasteiger partial charge on any atom is 0.0314 e. The van der Waals surface area contributed by atoms with Crippen molar-refractivity contribution in [3.8, 4) is 0 Å². The van der Waals surface area contributed by atoms with Gasteiger partial charge in [-0.3, -0.25) is 0 Å². The summed E-state index contributed by atoms with van der Waals surface area (Å²) in [5.74, 6) is 5.34. The van der Waals surface area contributed by atoms with Gasteiger partial charge in [-0.15, -0.1) is 11.3 Å². The Morgan fingerprint density at radius 3 is 2.68 bits per heavy atom. The third-order valence-electron chi connectivity index (χ3n) is 5.82. The van der Waals surface area contributed by atoms with Crippen molar-refractivity contribution in [1.82, 2.24) is 5.32 Å². The van der Waals surface area contributed by atoms with Crippen LogP contribution in [0.15, 0.2) is 15.9 Å². The van der Waals surface area contributed by atoms with Gasteiger partial charge in [0, 0.05) is 15.4 Å². The smallest absolute Gasteiger partial charge is 0.0314 e. The van der Waals surface area contributed by atoms with Gasteiger partial charge in [-0.05, 0) is 89.2 Å². The molecule has 1 N–H and O–H groups in total. The van der Waals surface area contributed by atoms with E-state index in [1.165, 1.54) is 28.6 Å². The number of thiophene rings is 1. The standard InChI is InChI=1S/C16H22BrNS/c1-2-18-12(8-13-11(17)5-6-19-13)16-14-9-3-4-10(7-9)15(14)16/h5-6,9-10,12,14-16,18H,2-4,7-8H2,1H3.